The molecule has 34 heavy (non-hydrogen) atoms. The minimum atomic E-state index is -0.400. The fourth-order valence-electron chi connectivity index (χ4n) is 3.44. The predicted molar refractivity (Wildman–Crippen MR) is 133 cm³/mol. The highest BCUT2D eigenvalue weighted by atomic mass is 35.5. The standard InChI is InChI=1S/C26H25ClN2O4S/c27-20-11-13-21(14-12-20)33-16-18-7-9-19(10-8-18)25(30)28-29-26(31)23-5-1-2-6-24(23)34-17-22-4-3-15-32-22/h1-2,5-14,22H,3-4,15-17H2,(H,28,30)(H,29,31). The van der Waals surface area contributed by atoms with Gasteiger partial charge < -0.3 is 9.47 Å². The fourth-order valence-corrected chi connectivity index (χ4v) is 4.69. The number of hydrazine groups is 1. The maximum absolute atomic E-state index is 12.7. The molecule has 1 atom stereocenters. The predicted octanol–water partition coefficient (Wildman–Crippen LogP) is 5.26. The normalized spacial score (nSPS) is 15.0. The van der Waals surface area contributed by atoms with E-state index in [1.165, 1.54) is 0 Å². The van der Waals surface area contributed by atoms with E-state index in [9.17, 15) is 9.59 Å². The molecule has 0 radical (unpaired) electrons. The van der Waals surface area contributed by atoms with Gasteiger partial charge in [-0.15, -0.1) is 11.8 Å². The SMILES string of the molecule is O=C(NNC(=O)c1ccccc1SCC1CCCO1)c1ccc(COc2ccc(Cl)cc2)cc1. The highest BCUT2D eigenvalue weighted by molar-refractivity contribution is 7.99. The smallest absolute Gasteiger partial charge is 0.270 e. The van der Waals surface area contributed by atoms with E-state index in [4.69, 9.17) is 21.1 Å². The second-order valence-corrected chi connectivity index (χ2v) is 9.29. The van der Waals surface area contributed by atoms with Crippen molar-refractivity contribution < 1.29 is 19.1 Å². The number of rotatable bonds is 8. The van der Waals surface area contributed by atoms with Crippen molar-refractivity contribution in [1.82, 2.24) is 10.9 Å². The molecule has 6 nitrogen and oxygen atoms in total. The van der Waals surface area contributed by atoms with Crippen LogP contribution in [0.2, 0.25) is 5.02 Å². The average molecular weight is 497 g/mol. The van der Waals surface area contributed by atoms with Crippen LogP contribution in [0.3, 0.4) is 0 Å². The molecule has 2 N–H and O–H groups in total. The maximum atomic E-state index is 12.7. The summed E-state index contributed by atoms with van der Waals surface area (Å²) in [4.78, 5) is 26.0. The Hall–Kier alpha value is -3.00. The lowest BCUT2D eigenvalue weighted by molar-refractivity contribution is 0.0845. The number of carbonyl (C=O) groups excluding carboxylic acids is 2. The number of benzene rings is 3. The number of hydrogen-bond acceptors (Lipinski definition) is 5. The highest BCUT2D eigenvalue weighted by Crippen LogP contribution is 2.26. The third-order valence-corrected chi connectivity index (χ3v) is 6.76. The first-order valence-electron chi connectivity index (χ1n) is 11.0. The van der Waals surface area contributed by atoms with Crippen molar-refractivity contribution in [1.29, 1.82) is 0 Å². The molecule has 4 rings (SSSR count). The summed E-state index contributed by atoms with van der Waals surface area (Å²) in [5.41, 5.74) is 6.85. The van der Waals surface area contributed by atoms with Gasteiger partial charge in [0, 0.05) is 27.8 Å². The van der Waals surface area contributed by atoms with Crippen LogP contribution in [0.15, 0.2) is 77.7 Å². The number of hydrogen-bond donors (Lipinski definition) is 2. The van der Waals surface area contributed by atoms with Crippen LogP contribution in [0.25, 0.3) is 0 Å². The Labute approximate surface area is 208 Å². The molecule has 0 aromatic heterocycles. The zero-order valence-electron chi connectivity index (χ0n) is 18.5. The van der Waals surface area contributed by atoms with Crippen LogP contribution in [0.4, 0.5) is 0 Å². The first kappa shape index (κ1) is 24.1. The summed E-state index contributed by atoms with van der Waals surface area (Å²) in [7, 11) is 0. The van der Waals surface area contributed by atoms with Crippen LogP contribution in [0, 0.1) is 0 Å². The minimum absolute atomic E-state index is 0.223. The lowest BCUT2D eigenvalue weighted by Gasteiger charge is -2.13. The van der Waals surface area contributed by atoms with Gasteiger partial charge in [-0.1, -0.05) is 35.9 Å². The summed E-state index contributed by atoms with van der Waals surface area (Å²) >= 11 is 7.47. The first-order valence-corrected chi connectivity index (χ1v) is 12.4. The van der Waals surface area contributed by atoms with Crippen molar-refractivity contribution in [2.24, 2.45) is 0 Å². The second-order valence-electron chi connectivity index (χ2n) is 7.79. The second kappa shape index (κ2) is 11.9. The molecule has 1 aliphatic heterocycles. The van der Waals surface area contributed by atoms with Crippen LogP contribution in [-0.2, 0) is 11.3 Å². The monoisotopic (exact) mass is 496 g/mol. The maximum Gasteiger partial charge on any atom is 0.270 e. The van der Waals surface area contributed by atoms with E-state index in [1.54, 1.807) is 60.3 Å². The van der Waals surface area contributed by atoms with Crippen LogP contribution in [0.5, 0.6) is 5.75 Å². The lowest BCUT2D eigenvalue weighted by Crippen LogP contribution is -2.41. The van der Waals surface area contributed by atoms with Crippen molar-refractivity contribution in [2.75, 3.05) is 12.4 Å². The molecule has 1 saturated heterocycles. The van der Waals surface area contributed by atoms with E-state index in [1.807, 2.05) is 24.3 Å². The van der Waals surface area contributed by atoms with Gasteiger partial charge in [0.05, 0.1) is 11.7 Å². The van der Waals surface area contributed by atoms with Gasteiger partial charge in [-0.05, 0) is 66.9 Å². The van der Waals surface area contributed by atoms with Crippen LogP contribution < -0.4 is 15.6 Å². The van der Waals surface area contributed by atoms with Crippen LogP contribution in [0.1, 0.15) is 39.1 Å². The number of amides is 2. The largest absolute Gasteiger partial charge is 0.489 e. The molecule has 176 valence electrons. The van der Waals surface area contributed by atoms with E-state index in [0.29, 0.717) is 28.5 Å². The van der Waals surface area contributed by atoms with Gasteiger partial charge in [-0.25, -0.2) is 0 Å². The van der Waals surface area contributed by atoms with E-state index in [0.717, 1.165) is 35.7 Å². The van der Waals surface area contributed by atoms with Gasteiger partial charge in [0.2, 0.25) is 0 Å². The van der Waals surface area contributed by atoms with Crippen molar-refractivity contribution in [3.8, 4) is 5.75 Å². The van der Waals surface area contributed by atoms with Gasteiger partial charge in [0.25, 0.3) is 11.8 Å². The Morgan fingerprint density at radius 2 is 1.71 bits per heavy atom. The Balaban J connectivity index is 1.27. The highest BCUT2D eigenvalue weighted by Gasteiger charge is 2.18. The summed E-state index contributed by atoms with van der Waals surface area (Å²) in [6.45, 7) is 1.16. The van der Waals surface area contributed by atoms with Gasteiger partial charge in [-0.2, -0.15) is 0 Å². The van der Waals surface area contributed by atoms with Crippen molar-refractivity contribution in [3.63, 3.8) is 0 Å². The van der Waals surface area contributed by atoms with Gasteiger partial charge in [-0.3, -0.25) is 20.4 Å². The van der Waals surface area contributed by atoms with Crippen molar-refractivity contribution in [3.05, 3.63) is 94.5 Å². The third kappa shape index (κ3) is 6.76. The Morgan fingerprint density at radius 3 is 2.44 bits per heavy atom. The zero-order valence-corrected chi connectivity index (χ0v) is 20.0. The molecule has 3 aromatic rings. The molecule has 0 bridgehead atoms. The summed E-state index contributed by atoms with van der Waals surface area (Å²) in [5, 5.41) is 0.649. The Kier molecular flexibility index (Phi) is 8.46. The lowest BCUT2D eigenvalue weighted by atomic mass is 10.1. The van der Waals surface area contributed by atoms with Crippen LogP contribution >= 0.6 is 23.4 Å². The van der Waals surface area contributed by atoms with Crippen molar-refractivity contribution >= 4 is 35.2 Å². The summed E-state index contributed by atoms with van der Waals surface area (Å²) in [6, 6.07) is 21.5. The van der Waals surface area contributed by atoms with Crippen molar-refractivity contribution in [2.45, 2.75) is 30.4 Å². The molecular weight excluding hydrogens is 472 g/mol. The molecule has 0 aliphatic carbocycles. The molecule has 0 saturated carbocycles. The van der Waals surface area contributed by atoms with E-state index < -0.39 is 5.91 Å². The number of carbonyl (C=O) groups is 2. The Morgan fingerprint density at radius 1 is 0.971 bits per heavy atom. The summed E-state index contributed by atoms with van der Waals surface area (Å²) in [5.74, 6) is 0.744. The molecule has 1 fully saturated rings. The molecule has 2 amide bonds. The first-order chi connectivity index (χ1) is 16.6. The third-order valence-electron chi connectivity index (χ3n) is 5.31. The number of nitrogens with one attached hydrogen (secondary N) is 2. The number of ether oxygens (including phenoxy) is 2. The summed E-state index contributed by atoms with van der Waals surface area (Å²) < 4.78 is 11.4. The average Bonchev–Trinajstić information content (AvgIpc) is 3.40. The summed E-state index contributed by atoms with van der Waals surface area (Å²) in [6.07, 6.45) is 2.35. The van der Waals surface area contributed by atoms with E-state index in [2.05, 4.69) is 10.9 Å². The quantitative estimate of drug-likeness (QED) is 0.328. The van der Waals surface area contributed by atoms with Crippen LogP contribution in [-0.4, -0.2) is 30.3 Å². The molecule has 1 unspecified atom stereocenters. The fraction of sp³-hybridized carbons (Fsp3) is 0.231. The minimum Gasteiger partial charge on any atom is -0.489 e. The topological polar surface area (TPSA) is 76.7 Å². The molecule has 3 aromatic carbocycles. The van der Waals surface area contributed by atoms with Gasteiger partial charge >= 0.3 is 0 Å². The number of halogens is 1. The van der Waals surface area contributed by atoms with E-state index in [-0.39, 0.29) is 12.0 Å². The molecule has 0 spiro atoms. The Bertz CT molecular complexity index is 1120. The van der Waals surface area contributed by atoms with E-state index >= 15 is 0 Å². The molecule has 8 heteroatoms. The van der Waals surface area contributed by atoms with Gasteiger partial charge in [0.15, 0.2) is 0 Å². The molecular formula is C26H25ClN2O4S. The molecule has 1 heterocycles. The number of thioether (sulfide) groups is 1. The zero-order chi connectivity index (χ0) is 23.8. The molecule has 1 aliphatic rings. The van der Waals surface area contributed by atoms with Gasteiger partial charge in [0.1, 0.15) is 12.4 Å².